The van der Waals surface area contributed by atoms with Gasteiger partial charge < -0.3 is 23.7 Å². The molecule has 1 aliphatic heterocycles. The van der Waals surface area contributed by atoms with Gasteiger partial charge in [0.25, 0.3) is 0 Å². The Morgan fingerprint density at radius 3 is 2.38 bits per heavy atom. The van der Waals surface area contributed by atoms with Crippen molar-refractivity contribution in [1.29, 1.82) is 0 Å². The highest BCUT2D eigenvalue weighted by atomic mass is 35.5. The summed E-state index contributed by atoms with van der Waals surface area (Å²) in [5, 5.41) is 0.366. The second-order valence-corrected chi connectivity index (χ2v) is 7.61. The Balaban J connectivity index is 1.65. The molecule has 32 heavy (non-hydrogen) atoms. The van der Waals surface area contributed by atoms with Gasteiger partial charge in [-0.25, -0.2) is 9.59 Å². The molecule has 2 aromatic carbocycles. The molecule has 0 radical (unpaired) electrons. The van der Waals surface area contributed by atoms with Crippen LogP contribution in [0, 0.1) is 0 Å². The monoisotopic (exact) mass is 463 g/mol. The molecule has 2 unspecified atom stereocenters. The molecular weight excluding hydrogens is 438 g/mol. The van der Waals surface area contributed by atoms with Crippen LogP contribution in [0.25, 0.3) is 0 Å². The number of esters is 1. The minimum Gasteiger partial charge on any atom is -0.493 e. The number of hydrogen-bond donors (Lipinski definition) is 0. The van der Waals surface area contributed by atoms with Gasteiger partial charge in [-0.05, 0) is 11.6 Å². The third-order valence-corrected chi connectivity index (χ3v) is 5.55. The molecule has 2 aromatic rings. The van der Waals surface area contributed by atoms with Crippen molar-refractivity contribution in [1.82, 2.24) is 4.90 Å². The number of carbonyl (C=O) groups excluding carboxylic acids is 2. The van der Waals surface area contributed by atoms with Crippen LogP contribution in [0.1, 0.15) is 17.5 Å². The largest absolute Gasteiger partial charge is 0.493 e. The van der Waals surface area contributed by atoms with Crippen LogP contribution in [-0.4, -0.2) is 57.0 Å². The molecule has 8 nitrogen and oxygen atoms in total. The lowest BCUT2D eigenvalue weighted by molar-refractivity contribution is -0.145. The average molecular weight is 464 g/mol. The van der Waals surface area contributed by atoms with E-state index >= 15 is 0 Å². The molecule has 9 heteroatoms. The number of hydrogen-bond acceptors (Lipinski definition) is 7. The molecule has 0 N–H and O–H groups in total. The van der Waals surface area contributed by atoms with Crippen LogP contribution in [0.3, 0.4) is 0 Å². The summed E-state index contributed by atoms with van der Waals surface area (Å²) in [7, 11) is 4.29. The molecular formula is C23H26ClNO7. The number of amides is 1. The van der Waals surface area contributed by atoms with E-state index in [1.165, 1.54) is 26.2 Å². The number of nitrogens with zero attached hydrogens (tertiary/aromatic N) is 1. The fourth-order valence-electron chi connectivity index (χ4n) is 3.50. The van der Waals surface area contributed by atoms with Gasteiger partial charge in [0.15, 0.2) is 11.5 Å². The van der Waals surface area contributed by atoms with E-state index in [4.69, 9.17) is 35.3 Å². The highest BCUT2D eigenvalue weighted by Gasteiger charge is 2.41. The van der Waals surface area contributed by atoms with Crippen molar-refractivity contribution < 1.29 is 33.3 Å². The average Bonchev–Trinajstić information content (AvgIpc) is 3.26. The summed E-state index contributed by atoms with van der Waals surface area (Å²) in [5.41, 5.74) is 1.55. The molecule has 1 aliphatic rings. The lowest BCUT2D eigenvalue weighted by Gasteiger charge is -2.22. The minimum atomic E-state index is -0.783. The standard InChI is InChI=1S/C23H26ClNO7/c1-28-20-9-16(18(24)11-21(20)29-2)14-32-23(27)25-12-17(10-19(25)22(26)30-3)31-13-15-7-5-4-6-8-15/h4-9,11,17,19H,10,12-14H2,1-3H3. The number of ether oxygens (including phenoxy) is 5. The van der Waals surface area contributed by atoms with E-state index in [1.807, 2.05) is 30.3 Å². The number of likely N-dealkylation sites (tertiary alicyclic amines) is 1. The van der Waals surface area contributed by atoms with Gasteiger partial charge in [-0.2, -0.15) is 0 Å². The van der Waals surface area contributed by atoms with Crippen molar-refractivity contribution in [2.75, 3.05) is 27.9 Å². The second kappa shape index (κ2) is 11.1. The van der Waals surface area contributed by atoms with Gasteiger partial charge >= 0.3 is 12.1 Å². The molecule has 0 aromatic heterocycles. The zero-order chi connectivity index (χ0) is 23.1. The summed E-state index contributed by atoms with van der Waals surface area (Å²) in [6.07, 6.45) is -0.653. The number of carbonyl (C=O) groups is 2. The Morgan fingerprint density at radius 2 is 1.72 bits per heavy atom. The highest BCUT2D eigenvalue weighted by molar-refractivity contribution is 6.31. The van der Waals surface area contributed by atoms with Crippen LogP contribution >= 0.6 is 11.6 Å². The second-order valence-electron chi connectivity index (χ2n) is 7.20. The summed E-state index contributed by atoms with van der Waals surface area (Å²) in [5.74, 6) is 0.416. The quantitative estimate of drug-likeness (QED) is 0.550. The van der Waals surface area contributed by atoms with Gasteiger partial charge in [0.05, 0.1) is 45.6 Å². The van der Waals surface area contributed by atoms with Gasteiger partial charge in [-0.3, -0.25) is 4.90 Å². The molecule has 1 amide bonds. The fourth-order valence-corrected chi connectivity index (χ4v) is 3.71. The Labute approximate surface area is 191 Å². The molecule has 1 fully saturated rings. The maximum Gasteiger partial charge on any atom is 0.410 e. The molecule has 0 spiro atoms. The van der Waals surface area contributed by atoms with Gasteiger partial charge in [0.2, 0.25) is 0 Å². The van der Waals surface area contributed by atoms with Crippen LogP contribution in [0.4, 0.5) is 4.79 Å². The van der Waals surface area contributed by atoms with Gasteiger partial charge in [0.1, 0.15) is 12.6 Å². The van der Waals surface area contributed by atoms with Crippen LogP contribution in [0.2, 0.25) is 5.02 Å². The van der Waals surface area contributed by atoms with E-state index < -0.39 is 18.1 Å². The topological polar surface area (TPSA) is 83.5 Å². The molecule has 3 rings (SSSR count). The van der Waals surface area contributed by atoms with Crippen molar-refractivity contribution in [3.8, 4) is 11.5 Å². The Bertz CT molecular complexity index is 937. The van der Waals surface area contributed by atoms with E-state index in [1.54, 1.807) is 12.1 Å². The Hall–Kier alpha value is -2.97. The molecule has 0 aliphatic carbocycles. The van der Waals surface area contributed by atoms with Crippen LogP contribution < -0.4 is 9.47 Å². The predicted molar refractivity (Wildman–Crippen MR) is 117 cm³/mol. The first kappa shape index (κ1) is 23.7. The first-order valence-corrected chi connectivity index (χ1v) is 10.4. The lowest BCUT2D eigenvalue weighted by atomic mass is 10.2. The Morgan fingerprint density at radius 1 is 1.03 bits per heavy atom. The molecule has 1 heterocycles. The lowest BCUT2D eigenvalue weighted by Crippen LogP contribution is -2.41. The van der Waals surface area contributed by atoms with Gasteiger partial charge in [0, 0.05) is 18.1 Å². The van der Waals surface area contributed by atoms with E-state index in [0.717, 1.165) is 5.56 Å². The number of benzene rings is 2. The molecule has 2 atom stereocenters. The maximum absolute atomic E-state index is 12.8. The summed E-state index contributed by atoms with van der Waals surface area (Å²) in [6.45, 7) is 0.493. The Kier molecular flexibility index (Phi) is 8.19. The highest BCUT2D eigenvalue weighted by Crippen LogP contribution is 2.33. The van der Waals surface area contributed by atoms with E-state index in [2.05, 4.69) is 0 Å². The zero-order valence-corrected chi connectivity index (χ0v) is 19.0. The van der Waals surface area contributed by atoms with Crippen molar-refractivity contribution in [2.24, 2.45) is 0 Å². The predicted octanol–water partition coefficient (Wildman–Crippen LogP) is 3.83. The van der Waals surface area contributed by atoms with E-state index in [0.29, 0.717) is 35.1 Å². The van der Waals surface area contributed by atoms with Crippen molar-refractivity contribution in [2.45, 2.75) is 31.8 Å². The molecule has 1 saturated heterocycles. The number of halogens is 1. The van der Waals surface area contributed by atoms with Crippen molar-refractivity contribution in [3.63, 3.8) is 0 Å². The fraction of sp³-hybridized carbons (Fsp3) is 0.391. The third-order valence-electron chi connectivity index (χ3n) is 5.20. The summed E-state index contributed by atoms with van der Waals surface area (Å²) >= 11 is 6.27. The van der Waals surface area contributed by atoms with E-state index in [9.17, 15) is 9.59 Å². The van der Waals surface area contributed by atoms with Crippen molar-refractivity contribution >= 4 is 23.7 Å². The van der Waals surface area contributed by atoms with Gasteiger partial charge in [-0.15, -0.1) is 0 Å². The first-order valence-electron chi connectivity index (χ1n) is 10.0. The van der Waals surface area contributed by atoms with Gasteiger partial charge in [-0.1, -0.05) is 41.9 Å². The normalized spacial score (nSPS) is 17.7. The van der Waals surface area contributed by atoms with Crippen LogP contribution in [0.5, 0.6) is 11.5 Å². The van der Waals surface area contributed by atoms with Crippen molar-refractivity contribution in [3.05, 3.63) is 58.6 Å². The summed E-state index contributed by atoms with van der Waals surface area (Å²) in [4.78, 5) is 26.4. The third kappa shape index (κ3) is 5.63. The first-order chi connectivity index (χ1) is 15.5. The zero-order valence-electron chi connectivity index (χ0n) is 18.2. The SMILES string of the molecule is COC(=O)C1CC(OCc2ccccc2)CN1C(=O)OCc1cc(OC)c(OC)cc1Cl. The number of rotatable bonds is 8. The van der Waals surface area contributed by atoms with Crippen LogP contribution in [0.15, 0.2) is 42.5 Å². The van der Waals surface area contributed by atoms with Crippen LogP contribution in [-0.2, 0) is 32.2 Å². The molecule has 0 bridgehead atoms. The summed E-state index contributed by atoms with van der Waals surface area (Å²) < 4.78 is 26.7. The molecule has 172 valence electrons. The number of methoxy groups -OCH3 is 3. The molecule has 0 saturated carbocycles. The summed E-state index contributed by atoms with van der Waals surface area (Å²) in [6, 6.07) is 12.1. The van der Waals surface area contributed by atoms with E-state index in [-0.39, 0.29) is 19.3 Å². The minimum absolute atomic E-state index is 0.0993. The smallest absolute Gasteiger partial charge is 0.410 e. The maximum atomic E-state index is 12.8.